The van der Waals surface area contributed by atoms with Gasteiger partial charge in [0.25, 0.3) is 0 Å². The minimum atomic E-state index is -4.37. The second-order valence-corrected chi connectivity index (χ2v) is 6.64. The molecule has 1 saturated heterocycles. The van der Waals surface area contributed by atoms with Gasteiger partial charge in [-0.1, -0.05) is 17.2 Å². The Morgan fingerprint density at radius 3 is 2.72 bits per heavy atom. The molecule has 5 nitrogen and oxygen atoms in total. The number of nitrogens with zero attached hydrogens (tertiary/aromatic N) is 3. The fourth-order valence-corrected chi connectivity index (χ4v) is 2.98. The molecule has 2 aliphatic rings. The number of rotatable bonds is 3. The lowest BCUT2D eigenvalue weighted by Gasteiger charge is -2.37. The standard InChI is InChI=1S/C17H18F3N3O2/c1-10-9-24-14(12-3-2-4-13(7-12)17(18,19)20)8-23(10)16-22-21-15(25-16)11-5-6-11/h2-4,7,10-11,14H,5-6,8-9H2,1H3. The lowest BCUT2D eigenvalue weighted by molar-refractivity contribution is -0.137. The number of alkyl halides is 3. The molecule has 0 radical (unpaired) electrons. The van der Waals surface area contributed by atoms with Crippen LogP contribution in [0, 0.1) is 0 Å². The molecule has 2 aromatic rings. The van der Waals surface area contributed by atoms with Gasteiger partial charge < -0.3 is 14.1 Å². The van der Waals surface area contributed by atoms with Crippen molar-refractivity contribution in [3.63, 3.8) is 0 Å². The number of anilines is 1. The first kappa shape index (κ1) is 16.4. The third kappa shape index (κ3) is 3.35. The van der Waals surface area contributed by atoms with Crippen molar-refractivity contribution in [2.45, 2.75) is 44.0 Å². The summed E-state index contributed by atoms with van der Waals surface area (Å²) >= 11 is 0. The Hall–Kier alpha value is -2.09. The number of benzene rings is 1. The van der Waals surface area contributed by atoms with Crippen LogP contribution in [0.3, 0.4) is 0 Å². The highest BCUT2D eigenvalue weighted by atomic mass is 19.4. The van der Waals surface area contributed by atoms with Crippen molar-refractivity contribution in [1.82, 2.24) is 10.2 Å². The van der Waals surface area contributed by atoms with Crippen molar-refractivity contribution >= 4 is 6.01 Å². The van der Waals surface area contributed by atoms with Crippen molar-refractivity contribution in [1.29, 1.82) is 0 Å². The second-order valence-electron chi connectivity index (χ2n) is 6.64. The number of morpholine rings is 1. The first-order chi connectivity index (χ1) is 11.9. The van der Waals surface area contributed by atoms with E-state index in [1.807, 2.05) is 11.8 Å². The second kappa shape index (κ2) is 6.01. The summed E-state index contributed by atoms with van der Waals surface area (Å²) in [6.07, 6.45) is -2.72. The van der Waals surface area contributed by atoms with Gasteiger partial charge in [-0.15, -0.1) is 5.10 Å². The molecule has 1 saturated carbocycles. The van der Waals surface area contributed by atoms with Gasteiger partial charge in [-0.2, -0.15) is 13.2 Å². The maximum atomic E-state index is 12.9. The molecule has 1 aromatic carbocycles. The molecule has 0 N–H and O–H groups in total. The third-order valence-corrected chi connectivity index (χ3v) is 4.62. The molecule has 2 heterocycles. The van der Waals surface area contributed by atoms with Crippen LogP contribution in [0.1, 0.15) is 48.8 Å². The third-order valence-electron chi connectivity index (χ3n) is 4.62. The van der Waals surface area contributed by atoms with Crippen molar-refractivity contribution in [2.24, 2.45) is 0 Å². The number of hydrogen-bond donors (Lipinski definition) is 0. The molecule has 1 aliphatic carbocycles. The fraction of sp³-hybridized carbons (Fsp3) is 0.529. The van der Waals surface area contributed by atoms with Gasteiger partial charge in [0.2, 0.25) is 5.89 Å². The molecule has 2 atom stereocenters. The molecular weight excluding hydrogens is 335 g/mol. The molecule has 4 rings (SSSR count). The van der Waals surface area contributed by atoms with Gasteiger partial charge in [0.05, 0.1) is 24.8 Å². The highest BCUT2D eigenvalue weighted by Gasteiger charge is 2.35. The summed E-state index contributed by atoms with van der Waals surface area (Å²) in [5.41, 5.74) is -0.179. The van der Waals surface area contributed by atoms with E-state index < -0.39 is 17.8 Å². The summed E-state index contributed by atoms with van der Waals surface area (Å²) in [6, 6.07) is 5.68. The Morgan fingerprint density at radius 2 is 2.00 bits per heavy atom. The van der Waals surface area contributed by atoms with Gasteiger partial charge >= 0.3 is 12.2 Å². The number of aromatic nitrogens is 2. The molecule has 0 amide bonds. The molecule has 1 aliphatic heterocycles. The fourth-order valence-electron chi connectivity index (χ4n) is 2.98. The lowest BCUT2D eigenvalue weighted by Crippen LogP contribution is -2.45. The summed E-state index contributed by atoms with van der Waals surface area (Å²) < 4.78 is 50.3. The largest absolute Gasteiger partial charge is 0.416 e. The average molecular weight is 353 g/mol. The Morgan fingerprint density at radius 1 is 1.20 bits per heavy atom. The van der Waals surface area contributed by atoms with E-state index in [9.17, 15) is 13.2 Å². The van der Waals surface area contributed by atoms with Crippen LogP contribution in [0.5, 0.6) is 0 Å². The Kier molecular flexibility index (Phi) is 3.94. The zero-order valence-corrected chi connectivity index (χ0v) is 13.7. The summed E-state index contributed by atoms with van der Waals surface area (Å²) in [5.74, 6) is 1.00. The Balaban J connectivity index is 1.55. The molecule has 0 bridgehead atoms. The predicted molar refractivity (Wildman–Crippen MR) is 83.2 cm³/mol. The molecule has 2 fully saturated rings. The van der Waals surface area contributed by atoms with Gasteiger partial charge in [0, 0.05) is 5.92 Å². The van der Waals surface area contributed by atoms with Crippen LogP contribution in [0.25, 0.3) is 0 Å². The van der Waals surface area contributed by atoms with Gasteiger partial charge in [0.1, 0.15) is 6.10 Å². The van der Waals surface area contributed by atoms with Crippen LogP contribution in [0.2, 0.25) is 0 Å². The molecule has 25 heavy (non-hydrogen) atoms. The Bertz CT molecular complexity index is 758. The summed E-state index contributed by atoms with van der Waals surface area (Å²) in [4.78, 5) is 1.91. The quantitative estimate of drug-likeness (QED) is 0.837. The van der Waals surface area contributed by atoms with Gasteiger partial charge in [-0.05, 0) is 37.5 Å². The lowest BCUT2D eigenvalue weighted by atomic mass is 10.0. The van der Waals surface area contributed by atoms with Crippen molar-refractivity contribution in [3.05, 3.63) is 41.3 Å². The normalized spacial score (nSPS) is 24.6. The van der Waals surface area contributed by atoms with E-state index in [0.717, 1.165) is 25.0 Å². The van der Waals surface area contributed by atoms with Crippen LogP contribution < -0.4 is 4.90 Å². The van der Waals surface area contributed by atoms with E-state index in [1.165, 1.54) is 6.07 Å². The van der Waals surface area contributed by atoms with Crippen LogP contribution >= 0.6 is 0 Å². The van der Waals surface area contributed by atoms with Gasteiger partial charge in [0.15, 0.2) is 0 Å². The van der Waals surface area contributed by atoms with Crippen LogP contribution in [-0.4, -0.2) is 29.4 Å². The molecule has 134 valence electrons. The highest BCUT2D eigenvalue weighted by molar-refractivity contribution is 5.33. The number of halogens is 3. The van der Waals surface area contributed by atoms with E-state index in [2.05, 4.69) is 10.2 Å². The van der Waals surface area contributed by atoms with Crippen LogP contribution in [-0.2, 0) is 10.9 Å². The minimum absolute atomic E-state index is 0.00884. The van der Waals surface area contributed by atoms with Crippen LogP contribution in [0.15, 0.2) is 28.7 Å². The smallest absolute Gasteiger partial charge is 0.408 e. The first-order valence-corrected chi connectivity index (χ1v) is 8.30. The topological polar surface area (TPSA) is 51.4 Å². The average Bonchev–Trinajstić information content (AvgIpc) is 3.32. The monoisotopic (exact) mass is 353 g/mol. The zero-order chi connectivity index (χ0) is 17.6. The maximum absolute atomic E-state index is 12.9. The number of ether oxygens (including phenoxy) is 1. The zero-order valence-electron chi connectivity index (χ0n) is 13.7. The number of hydrogen-bond acceptors (Lipinski definition) is 5. The molecule has 1 aromatic heterocycles. The maximum Gasteiger partial charge on any atom is 0.416 e. The minimum Gasteiger partial charge on any atom is -0.408 e. The van der Waals surface area contributed by atoms with E-state index in [4.69, 9.17) is 9.15 Å². The summed E-state index contributed by atoms with van der Waals surface area (Å²) in [7, 11) is 0. The van der Waals surface area contributed by atoms with E-state index >= 15 is 0 Å². The van der Waals surface area contributed by atoms with Gasteiger partial charge in [-0.25, -0.2) is 0 Å². The highest BCUT2D eigenvalue weighted by Crippen LogP contribution is 2.40. The molecule has 0 spiro atoms. The molecule has 2 unspecified atom stereocenters. The molecular formula is C17H18F3N3O2. The molecule has 8 heteroatoms. The van der Waals surface area contributed by atoms with Crippen molar-refractivity contribution < 1.29 is 22.3 Å². The van der Waals surface area contributed by atoms with E-state index in [0.29, 0.717) is 36.5 Å². The summed E-state index contributed by atoms with van der Waals surface area (Å²) in [6.45, 7) is 2.71. The Labute approximate surface area is 142 Å². The first-order valence-electron chi connectivity index (χ1n) is 8.30. The summed E-state index contributed by atoms with van der Waals surface area (Å²) in [5, 5.41) is 8.19. The van der Waals surface area contributed by atoms with E-state index in [1.54, 1.807) is 6.07 Å². The van der Waals surface area contributed by atoms with Crippen LogP contribution in [0.4, 0.5) is 19.2 Å². The van der Waals surface area contributed by atoms with Crippen molar-refractivity contribution in [2.75, 3.05) is 18.1 Å². The SMILES string of the molecule is CC1COC(c2cccc(C(F)(F)F)c2)CN1c1nnc(C2CC2)o1. The predicted octanol–water partition coefficient (Wildman–Crippen LogP) is 3.93. The van der Waals surface area contributed by atoms with Crippen molar-refractivity contribution in [3.8, 4) is 0 Å². The van der Waals surface area contributed by atoms with Gasteiger partial charge in [-0.3, -0.25) is 0 Å². The van der Waals surface area contributed by atoms with E-state index in [-0.39, 0.29) is 6.04 Å².